The lowest BCUT2D eigenvalue weighted by Crippen LogP contribution is -1.96. The summed E-state index contributed by atoms with van der Waals surface area (Å²) >= 11 is 11.8. The lowest BCUT2D eigenvalue weighted by molar-refractivity contribution is 0.160. The summed E-state index contributed by atoms with van der Waals surface area (Å²) in [5.41, 5.74) is 0.771. The Morgan fingerprint density at radius 1 is 1.31 bits per heavy atom. The van der Waals surface area contributed by atoms with Gasteiger partial charge in [0.2, 0.25) is 0 Å². The van der Waals surface area contributed by atoms with Crippen LogP contribution in [-0.2, 0) is 11.3 Å². The highest BCUT2D eigenvalue weighted by Gasteiger charge is 2.04. The van der Waals surface area contributed by atoms with Crippen molar-refractivity contribution in [3.63, 3.8) is 0 Å². The van der Waals surface area contributed by atoms with Gasteiger partial charge in [0.25, 0.3) is 0 Å². The summed E-state index contributed by atoms with van der Waals surface area (Å²) in [6.45, 7) is 0.620. The van der Waals surface area contributed by atoms with E-state index in [2.05, 4.69) is 0 Å². The molecule has 13 heavy (non-hydrogen) atoms. The zero-order chi connectivity index (χ0) is 9.68. The smallest absolute Gasteiger partial charge is 0.0816 e. The Kier molecular flexibility index (Phi) is 4.22. The van der Waals surface area contributed by atoms with E-state index in [-0.39, 0.29) is 6.61 Å². The largest absolute Gasteiger partial charge is 0.371 e. The molecule has 4 heteroatoms. The summed E-state index contributed by atoms with van der Waals surface area (Å²) in [5, 5.41) is 7.95. The number of ether oxygens (including phenoxy) is 1. The molecule has 0 radical (unpaired) electrons. The molecule has 0 saturated heterocycles. The van der Waals surface area contributed by atoms with Crippen molar-refractivity contribution in [1.82, 2.24) is 0 Å². The summed E-state index contributed by atoms with van der Waals surface area (Å²) in [4.78, 5) is 0. The molecule has 0 atom stereocenters. The third-order valence-electron chi connectivity index (χ3n) is 1.51. The van der Waals surface area contributed by atoms with Crippen molar-refractivity contribution in [2.75, 3.05) is 6.61 Å². The Bertz CT molecular complexity index is 281. The fourth-order valence-electron chi connectivity index (χ4n) is 0.890. The van der Waals surface area contributed by atoms with Crippen molar-refractivity contribution in [1.29, 1.82) is 5.41 Å². The van der Waals surface area contributed by atoms with Crippen LogP contribution >= 0.6 is 23.2 Å². The minimum absolute atomic E-state index is 0.279. The molecular formula is C9H9Cl2NO. The first-order valence-corrected chi connectivity index (χ1v) is 4.51. The molecule has 0 aromatic heterocycles. The summed E-state index contributed by atoms with van der Waals surface area (Å²) in [5.74, 6) is 0. The van der Waals surface area contributed by atoms with E-state index in [9.17, 15) is 0 Å². The van der Waals surface area contributed by atoms with Crippen LogP contribution in [0.2, 0.25) is 10.0 Å². The first kappa shape index (κ1) is 10.5. The van der Waals surface area contributed by atoms with E-state index < -0.39 is 0 Å². The standard InChI is InChI=1S/C9H9Cl2NO/c10-8-2-1-3-9(11)7(8)6-13-5-4-12/h1-4,12H,5-6H2. The molecule has 0 heterocycles. The van der Waals surface area contributed by atoms with Gasteiger partial charge in [-0.2, -0.15) is 0 Å². The molecule has 0 amide bonds. The van der Waals surface area contributed by atoms with Crippen molar-refractivity contribution in [2.24, 2.45) is 0 Å². The van der Waals surface area contributed by atoms with Crippen molar-refractivity contribution in [3.8, 4) is 0 Å². The minimum atomic E-state index is 0.279. The molecule has 0 aliphatic carbocycles. The van der Waals surface area contributed by atoms with Crippen molar-refractivity contribution >= 4 is 29.4 Å². The van der Waals surface area contributed by atoms with Gasteiger partial charge in [-0.3, -0.25) is 0 Å². The molecule has 0 aliphatic heterocycles. The second kappa shape index (κ2) is 5.22. The highest BCUT2D eigenvalue weighted by molar-refractivity contribution is 6.35. The number of hydrogen-bond acceptors (Lipinski definition) is 2. The van der Waals surface area contributed by atoms with Gasteiger partial charge in [-0.1, -0.05) is 29.3 Å². The topological polar surface area (TPSA) is 33.1 Å². The molecule has 70 valence electrons. The highest BCUT2D eigenvalue weighted by Crippen LogP contribution is 2.24. The molecule has 0 fully saturated rings. The third kappa shape index (κ3) is 2.99. The van der Waals surface area contributed by atoms with E-state index in [1.165, 1.54) is 6.21 Å². The Morgan fingerprint density at radius 2 is 1.92 bits per heavy atom. The number of halogens is 2. The molecule has 1 aromatic carbocycles. The summed E-state index contributed by atoms with van der Waals surface area (Å²) < 4.78 is 5.12. The number of rotatable bonds is 4. The fraction of sp³-hybridized carbons (Fsp3) is 0.222. The van der Waals surface area contributed by atoms with Gasteiger partial charge in [-0.05, 0) is 12.1 Å². The Balaban J connectivity index is 2.69. The SMILES string of the molecule is N=CCOCc1c(Cl)cccc1Cl. The van der Waals surface area contributed by atoms with Crippen LogP contribution in [0, 0.1) is 5.41 Å². The molecule has 1 rings (SSSR count). The van der Waals surface area contributed by atoms with E-state index in [1.807, 2.05) is 0 Å². The lowest BCUT2D eigenvalue weighted by atomic mass is 10.2. The first-order valence-electron chi connectivity index (χ1n) is 3.75. The van der Waals surface area contributed by atoms with Gasteiger partial charge in [-0.15, -0.1) is 0 Å². The van der Waals surface area contributed by atoms with Gasteiger partial charge in [0.05, 0.1) is 13.2 Å². The van der Waals surface area contributed by atoms with Crippen molar-refractivity contribution in [3.05, 3.63) is 33.8 Å². The Hall–Kier alpha value is -0.570. The highest BCUT2D eigenvalue weighted by atomic mass is 35.5. The van der Waals surface area contributed by atoms with Crippen LogP contribution in [0.1, 0.15) is 5.56 Å². The first-order chi connectivity index (χ1) is 6.25. The van der Waals surface area contributed by atoms with Crippen LogP contribution in [0.4, 0.5) is 0 Å². The van der Waals surface area contributed by atoms with Crippen LogP contribution in [0.5, 0.6) is 0 Å². The Labute approximate surface area is 86.9 Å². The maximum atomic E-state index is 6.76. The predicted octanol–water partition coefficient (Wildman–Crippen LogP) is 3.16. The predicted molar refractivity (Wildman–Crippen MR) is 54.9 cm³/mol. The van der Waals surface area contributed by atoms with Gasteiger partial charge >= 0.3 is 0 Å². The van der Waals surface area contributed by atoms with Crippen molar-refractivity contribution < 1.29 is 4.74 Å². The van der Waals surface area contributed by atoms with Gasteiger partial charge < -0.3 is 10.1 Å². The molecule has 1 N–H and O–H groups in total. The van der Waals surface area contributed by atoms with Crippen molar-refractivity contribution in [2.45, 2.75) is 6.61 Å². The third-order valence-corrected chi connectivity index (χ3v) is 2.22. The molecule has 0 bridgehead atoms. The molecule has 2 nitrogen and oxygen atoms in total. The van der Waals surface area contributed by atoms with Gasteiger partial charge in [0, 0.05) is 21.8 Å². The van der Waals surface area contributed by atoms with E-state index in [0.29, 0.717) is 16.7 Å². The average molecular weight is 218 g/mol. The zero-order valence-electron chi connectivity index (χ0n) is 6.89. The number of nitrogens with one attached hydrogen (secondary N) is 1. The Morgan fingerprint density at radius 3 is 2.46 bits per heavy atom. The van der Waals surface area contributed by atoms with Crippen LogP contribution in [0.3, 0.4) is 0 Å². The van der Waals surface area contributed by atoms with Crippen LogP contribution in [0.15, 0.2) is 18.2 Å². The molecule has 0 unspecified atom stereocenters. The second-order valence-corrected chi connectivity index (χ2v) is 3.23. The minimum Gasteiger partial charge on any atom is -0.371 e. The zero-order valence-corrected chi connectivity index (χ0v) is 8.40. The monoisotopic (exact) mass is 217 g/mol. The lowest BCUT2D eigenvalue weighted by Gasteiger charge is -2.05. The molecule has 1 aromatic rings. The van der Waals surface area contributed by atoms with Gasteiger partial charge in [-0.25, -0.2) is 0 Å². The molecular weight excluding hydrogens is 209 g/mol. The van der Waals surface area contributed by atoms with E-state index in [0.717, 1.165) is 5.56 Å². The second-order valence-electron chi connectivity index (χ2n) is 2.42. The summed E-state index contributed by atoms with van der Waals surface area (Å²) in [7, 11) is 0. The fourth-order valence-corrected chi connectivity index (χ4v) is 1.40. The quantitative estimate of drug-likeness (QED) is 0.611. The molecule has 0 saturated carbocycles. The molecule has 0 spiro atoms. The van der Waals surface area contributed by atoms with E-state index in [4.69, 9.17) is 33.3 Å². The number of hydrogen-bond donors (Lipinski definition) is 1. The summed E-state index contributed by atoms with van der Waals surface area (Å²) in [6, 6.07) is 5.30. The van der Waals surface area contributed by atoms with Crippen LogP contribution < -0.4 is 0 Å². The van der Waals surface area contributed by atoms with E-state index in [1.54, 1.807) is 18.2 Å². The normalized spacial score (nSPS) is 10.0. The summed E-state index contributed by atoms with van der Waals surface area (Å²) in [6.07, 6.45) is 1.19. The average Bonchev–Trinajstić information content (AvgIpc) is 2.10. The van der Waals surface area contributed by atoms with Gasteiger partial charge in [0.1, 0.15) is 0 Å². The van der Waals surface area contributed by atoms with Gasteiger partial charge in [0.15, 0.2) is 0 Å². The maximum Gasteiger partial charge on any atom is 0.0816 e. The van der Waals surface area contributed by atoms with Crippen LogP contribution in [-0.4, -0.2) is 12.8 Å². The van der Waals surface area contributed by atoms with E-state index >= 15 is 0 Å². The van der Waals surface area contributed by atoms with Crippen LogP contribution in [0.25, 0.3) is 0 Å². The number of benzene rings is 1. The maximum absolute atomic E-state index is 6.76. The molecule has 0 aliphatic rings.